The van der Waals surface area contributed by atoms with Crippen LogP contribution in [0.5, 0.6) is 11.5 Å². The van der Waals surface area contributed by atoms with Crippen LogP contribution in [0, 0.1) is 0 Å². The van der Waals surface area contributed by atoms with Crippen LogP contribution in [0.2, 0.25) is 0 Å². The lowest BCUT2D eigenvalue weighted by atomic mass is 10.1. The van der Waals surface area contributed by atoms with Gasteiger partial charge in [0.15, 0.2) is 0 Å². The van der Waals surface area contributed by atoms with Crippen molar-refractivity contribution in [1.82, 2.24) is 4.57 Å². The van der Waals surface area contributed by atoms with Crippen molar-refractivity contribution in [2.24, 2.45) is 0 Å². The number of epoxide rings is 1. The van der Waals surface area contributed by atoms with Crippen LogP contribution in [0.15, 0.2) is 78.9 Å². The molecule has 1 aliphatic rings. The molecule has 0 saturated carbocycles. The third-order valence-corrected chi connectivity index (χ3v) is 5.03. The van der Waals surface area contributed by atoms with Crippen LogP contribution < -0.4 is 9.47 Å². The predicted octanol–water partition coefficient (Wildman–Crippen LogP) is 5.08. The van der Waals surface area contributed by atoms with Crippen molar-refractivity contribution in [3.8, 4) is 28.4 Å². The van der Waals surface area contributed by atoms with Gasteiger partial charge in [0, 0.05) is 11.1 Å². The molecule has 5 rings (SSSR count). The summed E-state index contributed by atoms with van der Waals surface area (Å²) in [7, 11) is 1.68. The second-order valence-corrected chi connectivity index (χ2v) is 6.88. The lowest BCUT2D eigenvalue weighted by Crippen LogP contribution is -2.04. The largest absolute Gasteiger partial charge is 0.497 e. The minimum Gasteiger partial charge on any atom is -0.497 e. The van der Waals surface area contributed by atoms with Crippen LogP contribution in [-0.4, -0.2) is 31.0 Å². The van der Waals surface area contributed by atoms with Gasteiger partial charge >= 0.3 is 0 Å². The first-order valence-electron chi connectivity index (χ1n) is 9.42. The molecule has 4 heteroatoms. The minimum atomic E-state index is 0.229. The van der Waals surface area contributed by atoms with E-state index in [1.54, 1.807) is 7.11 Å². The molecule has 1 saturated heterocycles. The molecule has 3 aromatic carbocycles. The van der Waals surface area contributed by atoms with Crippen LogP contribution in [-0.2, 0) is 4.74 Å². The van der Waals surface area contributed by atoms with Crippen LogP contribution in [0.4, 0.5) is 0 Å². The SMILES string of the molecule is COc1ccc(-c2cc3c(OCC4CO4)cccc3n2-c2ccccc2)cc1. The summed E-state index contributed by atoms with van der Waals surface area (Å²) in [6.45, 7) is 1.38. The van der Waals surface area contributed by atoms with E-state index in [4.69, 9.17) is 14.2 Å². The molecule has 4 nitrogen and oxygen atoms in total. The van der Waals surface area contributed by atoms with E-state index in [2.05, 4.69) is 53.1 Å². The number of para-hydroxylation sites is 1. The highest BCUT2D eigenvalue weighted by Gasteiger charge is 2.24. The summed E-state index contributed by atoms with van der Waals surface area (Å²) in [5, 5.41) is 1.10. The molecule has 2 heterocycles. The van der Waals surface area contributed by atoms with Gasteiger partial charge in [-0.3, -0.25) is 0 Å². The molecule has 0 spiro atoms. The Hall–Kier alpha value is -3.24. The zero-order chi connectivity index (χ0) is 18.9. The van der Waals surface area contributed by atoms with E-state index >= 15 is 0 Å². The van der Waals surface area contributed by atoms with E-state index < -0.39 is 0 Å². The van der Waals surface area contributed by atoms with Gasteiger partial charge in [0.25, 0.3) is 0 Å². The zero-order valence-electron chi connectivity index (χ0n) is 15.7. The Kier molecular flexibility index (Phi) is 4.26. The van der Waals surface area contributed by atoms with Gasteiger partial charge in [0.2, 0.25) is 0 Å². The first-order chi connectivity index (χ1) is 13.8. The number of ether oxygens (including phenoxy) is 3. The molecular formula is C24H21NO3. The summed E-state index contributed by atoms with van der Waals surface area (Å²) < 4.78 is 18.9. The lowest BCUT2D eigenvalue weighted by Gasteiger charge is -2.12. The van der Waals surface area contributed by atoms with Crippen molar-refractivity contribution < 1.29 is 14.2 Å². The van der Waals surface area contributed by atoms with Crippen LogP contribution in [0.3, 0.4) is 0 Å². The van der Waals surface area contributed by atoms with Crippen molar-refractivity contribution in [3.05, 3.63) is 78.9 Å². The standard InChI is InChI=1S/C24H21NO3/c1-26-19-12-10-17(11-13-19)23-14-21-22(25(23)18-6-3-2-4-7-18)8-5-9-24(21)28-16-20-15-27-20/h2-14,20H,15-16H2,1H3. The molecule has 0 radical (unpaired) electrons. The average molecular weight is 371 g/mol. The number of fused-ring (bicyclic) bond motifs is 1. The Morgan fingerprint density at radius 2 is 1.75 bits per heavy atom. The van der Waals surface area contributed by atoms with E-state index in [-0.39, 0.29) is 6.10 Å². The summed E-state index contributed by atoms with van der Waals surface area (Å²) in [5.74, 6) is 1.73. The van der Waals surface area contributed by atoms with Gasteiger partial charge < -0.3 is 18.8 Å². The van der Waals surface area contributed by atoms with Crippen LogP contribution in [0.1, 0.15) is 0 Å². The molecule has 4 aromatic rings. The molecule has 1 aliphatic heterocycles. The minimum absolute atomic E-state index is 0.229. The first-order valence-corrected chi connectivity index (χ1v) is 9.42. The van der Waals surface area contributed by atoms with Crippen molar-refractivity contribution in [3.63, 3.8) is 0 Å². The number of rotatable bonds is 6. The fraction of sp³-hybridized carbons (Fsp3) is 0.167. The smallest absolute Gasteiger partial charge is 0.128 e. The second kappa shape index (κ2) is 7.06. The van der Waals surface area contributed by atoms with Crippen molar-refractivity contribution in [2.45, 2.75) is 6.10 Å². The van der Waals surface area contributed by atoms with E-state index in [1.165, 1.54) is 0 Å². The fourth-order valence-corrected chi connectivity index (χ4v) is 3.51. The Labute approximate surface area is 163 Å². The van der Waals surface area contributed by atoms with Gasteiger partial charge in [0.05, 0.1) is 24.9 Å². The normalized spacial score (nSPS) is 15.5. The number of methoxy groups -OCH3 is 1. The maximum atomic E-state index is 6.06. The van der Waals surface area contributed by atoms with Gasteiger partial charge in [0.1, 0.15) is 24.2 Å². The molecular weight excluding hydrogens is 350 g/mol. The van der Waals surface area contributed by atoms with Crippen molar-refractivity contribution in [2.75, 3.05) is 20.3 Å². The Morgan fingerprint density at radius 3 is 2.46 bits per heavy atom. The first kappa shape index (κ1) is 16.9. The number of nitrogens with zero attached hydrogens (tertiary/aromatic N) is 1. The van der Waals surface area contributed by atoms with E-state index in [0.717, 1.165) is 46.0 Å². The monoisotopic (exact) mass is 371 g/mol. The Balaban J connectivity index is 1.69. The maximum Gasteiger partial charge on any atom is 0.128 e. The molecule has 140 valence electrons. The number of hydrogen-bond donors (Lipinski definition) is 0. The molecule has 0 N–H and O–H groups in total. The third kappa shape index (κ3) is 3.12. The Morgan fingerprint density at radius 1 is 0.964 bits per heavy atom. The molecule has 0 bridgehead atoms. The summed E-state index contributed by atoms with van der Waals surface area (Å²) in [4.78, 5) is 0. The second-order valence-electron chi connectivity index (χ2n) is 6.88. The molecule has 28 heavy (non-hydrogen) atoms. The summed E-state index contributed by atoms with van der Waals surface area (Å²) >= 11 is 0. The summed E-state index contributed by atoms with van der Waals surface area (Å²) in [6.07, 6.45) is 0.229. The summed E-state index contributed by atoms with van der Waals surface area (Å²) in [5.41, 5.74) is 4.47. The highest BCUT2D eigenvalue weighted by Crippen LogP contribution is 2.36. The molecule has 1 unspecified atom stereocenters. The lowest BCUT2D eigenvalue weighted by molar-refractivity contribution is 0.265. The number of hydrogen-bond acceptors (Lipinski definition) is 3. The van der Waals surface area contributed by atoms with Gasteiger partial charge in [-0.05, 0) is 60.2 Å². The van der Waals surface area contributed by atoms with Crippen molar-refractivity contribution >= 4 is 10.9 Å². The number of aromatic nitrogens is 1. The number of benzene rings is 3. The molecule has 0 amide bonds. The fourth-order valence-electron chi connectivity index (χ4n) is 3.51. The van der Waals surface area contributed by atoms with Gasteiger partial charge in [-0.15, -0.1) is 0 Å². The van der Waals surface area contributed by atoms with Gasteiger partial charge in [-0.1, -0.05) is 24.3 Å². The highest BCUT2D eigenvalue weighted by molar-refractivity contribution is 5.93. The molecule has 1 atom stereocenters. The third-order valence-electron chi connectivity index (χ3n) is 5.03. The van der Waals surface area contributed by atoms with Crippen molar-refractivity contribution in [1.29, 1.82) is 0 Å². The van der Waals surface area contributed by atoms with E-state index in [0.29, 0.717) is 6.61 Å². The van der Waals surface area contributed by atoms with E-state index in [9.17, 15) is 0 Å². The zero-order valence-corrected chi connectivity index (χ0v) is 15.7. The maximum absolute atomic E-state index is 6.06. The quantitative estimate of drug-likeness (QED) is 0.443. The molecule has 1 aromatic heterocycles. The van der Waals surface area contributed by atoms with E-state index in [1.807, 2.05) is 30.3 Å². The summed E-state index contributed by atoms with van der Waals surface area (Å²) in [6, 6.07) is 27.0. The molecule has 1 fully saturated rings. The van der Waals surface area contributed by atoms with Gasteiger partial charge in [-0.2, -0.15) is 0 Å². The topological polar surface area (TPSA) is 35.9 Å². The molecule has 0 aliphatic carbocycles. The highest BCUT2D eigenvalue weighted by atomic mass is 16.6. The predicted molar refractivity (Wildman–Crippen MR) is 110 cm³/mol. The Bertz CT molecular complexity index is 1100. The van der Waals surface area contributed by atoms with Gasteiger partial charge in [-0.25, -0.2) is 0 Å². The van der Waals surface area contributed by atoms with Crippen LogP contribution in [0.25, 0.3) is 27.8 Å². The van der Waals surface area contributed by atoms with Crippen LogP contribution >= 0.6 is 0 Å². The average Bonchev–Trinajstić information content (AvgIpc) is 3.50.